The second-order valence-corrected chi connectivity index (χ2v) is 4.22. The SMILES string of the molecule is CC(C)c1cc(Br)ccc1B(O)O. The van der Waals surface area contributed by atoms with Crippen molar-refractivity contribution >= 4 is 28.5 Å². The summed E-state index contributed by atoms with van der Waals surface area (Å²) in [5.41, 5.74) is 1.54. The number of halogens is 1. The van der Waals surface area contributed by atoms with E-state index in [0.29, 0.717) is 5.46 Å². The summed E-state index contributed by atoms with van der Waals surface area (Å²) in [7, 11) is -1.38. The second-order valence-electron chi connectivity index (χ2n) is 3.30. The summed E-state index contributed by atoms with van der Waals surface area (Å²) in [6.45, 7) is 4.04. The molecule has 70 valence electrons. The minimum Gasteiger partial charge on any atom is -0.423 e. The lowest BCUT2D eigenvalue weighted by atomic mass is 9.74. The van der Waals surface area contributed by atoms with E-state index in [1.807, 2.05) is 19.9 Å². The van der Waals surface area contributed by atoms with Gasteiger partial charge < -0.3 is 10.0 Å². The Morgan fingerprint density at radius 1 is 1.31 bits per heavy atom. The normalized spacial score (nSPS) is 10.6. The molecule has 0 saturated heterocycles. The fourth-order valence-corrected chi connectivity index (χ4v) is 1.66. The van der Waals surface area contributed by atoms with Crippen molar-refractivity contribution in [2.75, 3.05) is 0 Å². The van der Waals surface area contributed by atoms with Gasteiger partial charge in [0.05, 0.1) is 0 Å². The molecule has 0 aliphatic heterocycles. The van der Waals surface area contributed by atoms with Crippen LogP contribution in [0.5, 0.6) is 0 Å². The van der Waals surface area contributed by atoms with Crippen LogP contribution in [0.25, 0.3) is 0 Å². The van der Waals surface area contributed by atoms with Crippen molar-refractivity contribution < 1.29 is 10.0 Å². The largest absolute Gasteiger partial charge is 0.488 e. The van der Waals surface area contributed by atoms with Gasteiger partial charge in [0.2, 0.25) is 0 Å². The average Bonchev–Trinajstić information content (AvgIpc) is 2.03. The predicted octanol–water partition coefficient (Wildman–Crippen LogP) is 1.25. The van der Waals surface area contributed by atoms with Crippen LogP contribution in [0.3, 0.4) is 0 Å². The van der Waals surface area contributed by atoms with Crippen LogP contribution >= 0.6 is 15.9 Å². The van der Waals surface area contributed by atoms with Crippen molar-refractivity contribution in [2.45, 2.75) is 19.8 Å². The fraction of sp³-hybridized carbons (Fsp3) is 0.333. The second kappa shape index (κ2) is 4.27. The monoisotopic (exact) mass is 242 g/mol. The summed E-state index contributed by atoms with van der Waals surface area (Å²) >= 11 is 3.35. The van der Waals surface area contributed by atoms with Crippen LogP contribution in [-0.2, 0) is 0 Å². The van der Waals surface area contributed by atoms with Crippen LogP contribution in [0.4, 0.5) is 0 Å². The van der Waals surface area contributed by atoms with Gasteiger partial charge >= 0.3 is 7.12 Å². The molecular formula is C9H12BBrO2. The van der Waals surface area contributed by atoms with Crippen molar-refractivity contribution in [1.29, 1.82) is 0 Å². The third-order valence-electron chi connectivity index (χ3n) is 1.95. The van der Waals surface area contributed by atoms with Gasteiger partial charge in [-0.05, 0) is 29.1 Å². The lowest BCUT2D eigenvalue weighted by Crippen LogP contribution is -2.33. The Hall–Kier alpha value is -0.315. The Balaban J connectivity index is 3.19. The van der Waals surface area contributed by atoms with Gasteiger partial charge in [0.15, 0.2) is 0 Å². The van der Waals surface area contributed by atoms with Gasteiger partial charge in [-0.3, -0.25) is 0 Å². The van der Waals surface area contributed by atoms with Crippen LogP contribution < -0.4 is 5.46 Å². The molecule has 0 spiro atoms. The average molecular weight is 243 g/mol. The maximum absolute atomic E-state index is 9.08. The molecule has 1 rings (SSSR count). The highest BCUT2D eigenvalue weighted by Gasteiger charge is 2.17. The maximum Gasteiger partial charge on any atom is 0.488 e. The Morgan fingerprint density at radius 2 is 1.92 bits per heavy atom. The van der Waals surface area contributed by atoms with Crippen LogP contribution in [0, 0.1) is 0 Å². The third kappa shape index (κ3) is 2.56. The summed E-state index contributed by atoms with van der Waals surface area (Å²) in [5.74, 6) is 0.286. The van der Waals surface area contributed by atoms with E-state index < -0.39 is 7.12 Å². The van der Waals surface area contributed by atoms with Crippen molar-refractivity contribution in [3.8, 4) is 0 Å². The van der Waals surface area contributed by atoms with Crippen LogP contribution in [0.1, 0.15) is 25.3 Å². The van der Waals surface area contributed by atoms with E-state index in [4.69, 9.17) is 10.0 Å². The van der Waals surface area contributed by atoms with Gasteiger partial charge in [-0.2, -0.15) is 0 Å². The first kappa shape index (κ1) is 10.8. The molecule has 0 aliphatic carbocycles. The molecule has 0 radical (unpaired) electrons. The first-order valence-electron chi connectivity index (χ1n) is 4.18. The lowest BCUT2D eigenvalue weighted by Gasteiger charge is -2.12. The van der Waals surface area contributed by atoms with E-state index in [-0.39, 0.29) is 5.92 Å². The number of benzene rings is 1. The third-order valence-corrected chi connectivity index (χ3v) is 2.44. The molecular weight excluding hydrogens is 231 g/mol. The zero-order valence-electron chi connectivity index (χ0n) is 7.66. The molecule has 0 amide bonds. The summed E-state index contributed by atoms with van der Waals surface area (Å²) in [5, 5.41) is 18.2. The van der Waals surface area contributed by atoms with Crippen LogP contribution in [0.2, 0.25) is 0 Å². The molecule has 13 heavy (non-hydrogen) atoms. The fourth-order valence-electron chi connectivity index (χ4n) is 1.28. The van der Waals surface area contributed by atoms with Gasteiger partial charge in [-0.1, -0.05) is 35.8 Å². The Bertz CT molecular complexity index is 300. The van der Waals surface area contributed by atoms with E-state index >= 15 is 0 Å². The number of rotatable bonds is 2. The van der Waals surface area contributed by atoms with Gasteiger partial charge in [0.1, 0.15) is 0 Å². The highest BCUT2D eigenvalue weighted by molar-refractivity contribution is 9.10. The molecule has 0 bridgehead atoms. The molecule has 0 aromatic heterocycles. The van der Waals surface area contributed by atoms with E-state index in [2.05, 4.69) is 15.9 Å². The summed E-state index contributed by atoms with van der Waals surface area (Å²) in [6.07, 6.45) is 0. The molecule has 2 N–H and O–H groups in total. The van der Waals surface area contributed by atoms with Crippen LogP contribution in [0.15, 0.2) is 22.7 Å². The molecule has 4 heteroatoms. The molecule has 0 saturated carbocycles. The molecule has 0 atom stereocenters. The molecule has 0 heterocycles. The standard InChI is InChI=1S/C9H12BBrO2/c1-6(2)8-5-7(11)3-4-9(8)10(12)13/h3-6,12-13H,1-2H3. The lowest BCUT2D eigenvalue weighted by molar-refractivity contribution is 0.425. The van der Waals surface area contributed by atoms with Gasteiger partial charge in [0.25, 0.3) is 0 Å². The summed E-state index contributed by atoms with van der Waals surface area (Å²) in [4.78, 5) is 0. The molecule has 0 fully saturated rings. The maximum atomic E-state index is 9.08. The van der Waals surface area contributed by atoms with E-state index in [9.17, 15) is 0 Å². The quantitative estimate of drug-likeness (QED) is 0.767. The van der Waals surface area contributed by atoms with Crippen molar-refractivity contribution in [3.05, 3.63) is 28.2 Å². The number of hydrogen-bond donors (Lipinski definition) is 2. The molecule has 1 aromatic carbocycles. The minimum atomic E-state index is -1.38. The van der Waals surface area contributed by atoms with E-state index in [1.54, 1.807) is 12.1 Å². The Kier molecular flexibility index (Phi) is 3.53. The number of hydrogen-bond acceptors (Lipinski definition) is 2. The first-order chi connectivity index (χ1) is 6.02. The molecule has 1 aromatic rings. The molecule has 0 unspecified atom stereocenters. The first-order valence-corrected chi connectivity index (χ1v) is 4.97. The Morgan fingerprint density at radius 3 is 2.38 bits per heavy atom. The van der Waals surface area contributed by atoms with Gasteiger partial charge in [0, 0.05) is 4.47 Å². The Labute approximate surface area is 86.9 Å². The summed E-state index contributed by atoms with van der Waals surface area (Å²) < 4.78 is 0.959. The minimum absolute atomic E-state index is 0.286. The van der Waals surface area contributed by atoms with Gasteiger partial charge in [-0.15, -0.1) is 0 Å². The van der Waals surface area contributed by atoms with E-state index in [0.717, 1.165) is 10.0 Å². The highest BCUT2D eigenvalue weighted by atomic mass is 79.9. The highest BCUT2D eigenvalue weighted by Crippen LogP contribution is 2.17. The molecule has 0 aliphatic rings. The van der Waals surface area contributed by atoms with Crippen molar-refractivity contribution in [2.24, 2.45) is 0 Å². The van der Waals surface area contributed by atoms with Crippen LogP contribution in [-0.4, -0.2) is 17.2 Å². The van der Waals surface area contributed by atoms with Gasteiger partial charge in [-0.25, -0.2) is 0 Å². The smallest absolute Gasteiger partial charge is 0.423 e. The van der Waals surface area contributed by atoms with E-state index in [1.165, 1.54) is 0 Å². The zero-order valence-corrected chi connectivity index (χ0v) is 9.25. The zero-order chi connectivity index (χ0) is 10.0. The predicted molar refractivity (Wildman–Crippen MR) is 58.1 cm³/mol. The van der Waals surface area contributed by atoms with Crippen molar-refractivity contribution in [3.63, 3.8) is 0 Å². The summed E-state index contributed by atoms with van der Waals surface area (Å²) in [6, 6.07) is 5.45. The topological polar surface area (TPSA) is 40.5 Å². The molecule has 2 nitrogen and oxygen atoms in total. The van der Waals surface area contributed by atoms with Crippen molar-refractivity contribution in [1.82, 2.24) is 0 Å².